The number of esters is 1. The molecule has 0 spiro atoms. The standard InChI is InChI=1S/C33H36N4O5/c1-3-22-11-13-24(14-12-22)31(39)37-20-19-36(33(41)34-26-17-15-25(16-18-26)32(40)42-2)21-29(37)30(38)35-28-10-6-8-23-7-4-5-9-27(23)28/h4-5,7,9,11-18,28-29H,3,6,8,10,19-21H2,1-2H3,(H,34,41)(H,35,38). The van der Waals surface area contributed by atoms with Crippen LogP contribution in [0.5, 0.6) is 0 Å². The number of anilines is 1. The Hall–Kier alpha value is -4.66. The number of carbonyl (C=O) groups excluding carboxylic acids is 4. The van der Waals surface area contributed by atoms with Gasteiger partial charge in [-0.2, -0.15) is 0 Å². The maximum absolute atomic E-state index is 13.9. The number of amides is 4. The predicted molar refractivity (Wildman–Crippen MR) is 159 cm³/mol. The quantitative estimate of drug-likeness (QED) is 0.423. The van der Waals surface area contributed by atoms with E-state index in [4.69, 9.17) is 4.74 Å². The first-order valence-corrected chi connectivity index (χ1v) is 14.4. The number of ether oxygens (including phenoxy) is 1. The van der Waals surface area contributed by atoms with E-state index in [0.29, 0.717) is 16.8 Å². The van der Waals surface area contributed by atoms with E-state index >= 15 is 0 Å². The van der Waals surface area contributed by atoms with Crippen LogP contribution in [0.4, 0.5) is 10.5 Å². The van der Waals surface area contributed by atoms with Crippen LogP contribution in [0.1, 0.15) is 63.2 Å². The summed E-state index contributed by atoms with van der Waals surface area (Å²) in [6, 6.07) is 20.5. The summed E-state index contributed by atoms with van der Waals surface area (Å²) in [5.74, 6) is -0.983. The second-order valence-corrected chi connectivity index (χ2v) is 10.7. The molecule has 2 N–H and O–H groups in total. The van der Waals surface area contributed by atoms with Crippen molar-refractivity contribution in [3.05, 3.63) is 101 Å². The lowest BCUT2D eigenvalue weighted by Gasteiger charge is -2.41. The normalized spacial score (nSPS) is 18.0. The van der Waals surface area contributed by atoms with Crippen molar-refractivity contribution in [1.82, 2.24) is 15.1 Å². The molecule has 2 unspecified atom stereocenters. The molecule has 1 aliphatic carbocycles. The number of methoxy groups -OCH3 is 1. The number of hydrogen-bond donors (Lipinski definition) is 2. The fourth-order valence-electron chi connectivity index (χ4n) is 5.67. The van der Waals surface area contributed by atoms with Crippen LogP contribution in [0, 0.1) is 0 Å². The maximum Gasteiger partial charge on any atom is 0.337 e. The second-order valence-electron chi connectivity index (χ2n) is 10.7. The maximum atomic E-state index is 13.9. The Morgan fingerprint density at radius 1 is 0.905 bits per heavy atom. The Morgan fingerprint density at radius 3 is 2.33 bits per heavy atom. The van der Waals surface area contributed by atoms with Crippen molar-refractivity contribution in [2.75, 3.05) is 32.1 Å². The third kappa shape index (κ3) is 6.30. The number of nitrogens with zero attached hydrogens (tertiary/aromatic N) is 2. The van der Waals surface area contributed by atoms with Gasteiger partial charge in [0.05, 0.1) is 25.3 Å². The average molecular weight is 569 g/mol. The van der Waals surface area contributed by atoms with Gasteiger partial charge in [-0.15, -0.1) is 0 Å². The van der Waals surface area contributed by atoms with Crippen molar-refractivity contribution in [2.24, 2.45) is 0 Å². The number of nitrogens with one attached hydrogen (secondary N) is 2. The number of carbonyl (C=O) groups is 4. The molecule has 0 saturated carbocycles. The first-order chi connectivity index (χ1) is 20.4. The fourth-order valence-corrected chi connectivity index (χ4v) is 5.67. The molecule has 9 heteroatoms. The monoisotopic (exact) mass is 568 g/mol. The molecule has 0 bridgehead atoms. The molecule has 2 atom stereocenters. The number of urea groups is 1. The minimum absolute atomic E-state index is 0.0467. The summed E-state index contributed by atoms with van der Waals surface area (Å²) in [5, 5.41) is 6.03. The van der Waals surface area contributed by atoms with Crippen LogP contribution >= 0.6 is 0 Å². The van der Waals surface area contributed by atoms with E-state index < -0.39 is 12.0 Å². The van der Waals surface area contributed by atoms with Crippen LogP contribution in [-0.2, 0) is 22.4 Å². The highest BCUT2D eigenvalue weighted by Gasteiger charge is 2.38. The molecule has 3 aromatic carbocycles. The zero-order chi connectivity index (χ0) is 29.6. The summed E-state index contributed by atoms with van der Waals surface area (Å²) >= 11 is 0. The smallest absolute Gasteiger partial charge is 0.337 e. The minimum atomic E-state index is -0.862. The average Bonchev–Trinajstić information content (AvgIpc) is 3.04. The summed E-state index contributed by atoms with van der Waals surface area (Å²) in [7, 11) is 1.31. The lowest BCUT2D eigenvalue weighted by molar-refractivity contribution is -0.128. The van der Waals surface area contributed by atoms with E-state index in [2.05, 4.69) is 23.6 Å². The van der Waals surface area contributed by atoms with Crippen LogP contribution in [0.15, 0.2) is 72.8 Å². The van der Waals surface area contributed by atoms with Gasteiger partial charge < -0.3 is 25.2 Å². The van der Waals surface area contributed by atoms with Crippen LogP contribution in [0.25, 0.3) is 0 Å². The van der Waals surface area contributed by atoms with Gasteiger partial charge in [0.2, 0.25) is 5.91 Å². The topological polar surface area (TPSA) is 108 Å². The molecule has 218 valence electrons. The highest BCUT2D eigenvalue weighted by atomic mass is 16.5. The van der Waals surface area contributed by atoms with E-state index in [1.165, 1.54) is 12.7 Å². The highest BCUT2D eigenvalue weighted by Crippen LogP contribution is 2.30. The van der Waals surface area contributed by atoms with Gasteiger partial charge in [0.1, 0.15) is 6.04 Å². The van der Waals surface area contributed by atoms with E-state index in [0.717, 1.165) is 36.8 Å². The van der Waals surface area contributed by atoms with Crippen molar-refractivity contribution in [2.45, 2.75) is 44.7 Å². The van der Waals surface area contributed by atoms with Gasteiger partial charge in [0.15, 0.2) is 0 Å². The molecule has 1 saturated heterocycles. The first kappa shape index (κ1) is 28.9. The minimum Gasteiger partial charge on any atom is -0.465 e. The summed E-state index contributed by atoms with van der Waals surface area (Å²) in [5.41, 5.74) is 4.83. The summed E-state index contributed by atoms with van der Waals surface area (Å²) in [6.45, 7) is 2.58. The fraction of sp³-hybridized carbons (Fsp3) is 0.333. The van der Waals surface area contributed by atoms with Crippen molar-refractivity contribution in [3.8, 4) is 0 Å². The molecule has 2 aliphatic rings. The van der Waals surface area contributed by atoms with Gasteiger partial charge in [0, 0.05) is 24.3 Å². The summed E-state index contributed by atoms with van der Waals surface area (Å²) in [4.78, 5) is 55.7. The van der Waals surface area contributed by atoms with Crippen molar-refractivity contribution in [1.29, 1.82) is 0 Å². The number of aryl methyl sites for hydroxylation is 2. The number of rotatable bonds is 6. The molecule has 5 rings (SSSR count). The molecule has 1 aliphatic heterocycles. The zero-order valence-electron chi connectivity index (χ0n) is 24.0. The number of hydrogen-bond acceptors (Lipinski definition) is 5. The molecular weight excluding hydrogens is 532 g/mol. The Balaban J connectivity index is 1.34. The van der Waals surface area contributed by atoms with Gasteiger partial charge in [-0.25, -0.2) is 9.59 Å². The van der Waals surface area contributed by atoms with Crippen LogP contribution in [0.2, 0.25) is 0 Å². The Bertz CT molecular complexity index is 1450. The highest BCUT2D eigenvalue weighted by molar-refractivity contribution is 5.99. The first-order valence-electron chi connectivity index (χ1n) is 14.4. The SMILES string of the molecule is CCc1ccc(C(=O)N2CCN(C(=O)Nc3ccc(C(=O)OC)cc3)CC2C(=O)NC2CCCc3ccccc32)cc1. The molecule has 42 heavy (non-hydrogen) atoms. The van der Waals surface area contributed by atoms with Crippen LogP contribution < -0.4 is 10.6 Å². The van der Waals surface area contributed by atoms with Crippen molar-refractivity contribution in [3.63, 3.8) is 0 Å². The zero-order valence-corrected chi connectivity index (χ0v) is 24.0. The van der Waals surface area contributed by atoms with Crippen LogP contribution in [-0.4, -0.2) is 66.4 Å². The van der Waals surface area contributed by atoms with E-state index in [1.807, 2.05) is 30.3 Å². The molecule has 1 fully saturated rings. The molecule has 0 radical (unpaired) electrons. The molecule has 9 nitrogen and oxygen atoms in total. The van der Waals surface area contributed by atoms with Gasteiger partial charge in [-0.05, 0) is 78.8 Å². The third-order valence-electron chi connectivity index (χ3n) is 8.08. The van der Waals surface area contributed by atoms with Gasteiger partial charge in [-0.3, -0.25) is 9.59 Å². The van der Waals surface area contributed by atoms with Crippen LogP contribution in [0.3, 0.4) is 0 Å². The summed E-state index contributed by atoms with van der Waals surface area (Å²) < 4.78 is 4.73. The largest absolute Gasteiger partial charge is 0.465 e. The van der Waals surface area contributed by atoms with E-state index in [1.54, 1.807) is 46.2 Å². The van der Waals surface area contributed by atoms with Gasteiger partial charge in [0.25, 0.3) is 5.91 Å². The third-order valence-corrected chi connectivity index (χ3v) is 8.08. The Morgan fingerprint density at radius 2 is 1.62 bits per heavy atom. The van der Waals surface area contributed by atoms with Crippen molar-refractivity contribution < 1.29 is 23.9 Å². The molecule has 3 aromatic rings. The van der Waals surface area contributed by atoms with Gasteiger partial charge in [-0.1, -0.05) is 43.3 Å². The molecular formula is C33H36N4O5. The number of piperazine rings is 1. The second kappa shape index (κ2) is 12.9. The number of benzene rings is 3. The molecule has 4 amide bonds. The van der Waals surface area contributed by atoms with Crippen molar-refractivity contribution >= 4 is 29.5 Å². The Labute approximate surface area is 245 Å². The van der Waals surface area contributed by atoms with E-state index in [-0.39, 0.29) is 43.5 Å². The van der Waals surface area contributed by atoms with E-state index in [9.17, 15) is 19.2 Å². The molecule has 1 heterocycles. The predicted octanol–water partition coefficient (Wildman–Crippen LogP) is 4.59. The Kier molecular flexibility index (Phi) is 8.85. The lowest BCUT2D eigenvalue weighted by Crippen LogP contribution is -2.62. The number of fused-ring (bicyclic) bond motifs is 1. The lowest BCUT2D eigenvalue weighted by atomic mass is 9.87. The summed E-state index contributed by atoms with van der Waals surface area (Å²) in [6.07, 6.45) is 3.61. The molecule has 0 aromatic heterocycles. The van der Waals surface area contributed by atoms with Gasteiger partial charge >= 0.3 is 12.0 Å².